The van der Waals surface area contributed by atoms with E-state index in [9.17, 15) is 9.18 Å². The van der Waals surface area contributed by atoms with Gasteiger partial charge in [-0.1, -0.05) is 22.8 Å². The standard InChI is InChI=1S/C17H20ClFN4O2/c1-12-10-13(21-25-12)11-22-6-3-7-23(9-8-22)17(24)20-15-5-2-4-14(18)16(15)19/h2,4-5,10H,3,6-9,11H2,1H3,(H,20,24). The van der Waals surface area contributed by atoms with Gasteiger partial charge in [-0.2, -0.15) is 0 Å². The number of hydrogen-bond acceptors (Lipinski definition) is 4. The summed E-state index contributed by atoms with van der Waals surface area (Å²) in [6.45, 7) is 5.31. The number of aromatic nitrogens is 1. The van der Waals surface area contributed by atoms with Crippen LogP contribution in [0.5, 0.6) is 0 Å². The van der Waals surface area contributed by atoms with E-state index in [1.807, 2.05) is 13.0 Å². The van der Waals surface area contributed by atoms with Crippen LogP contribution >= 0.6 is 11.6 Å². The highest BCUT2D eigenvalue weighted by Crippen LogP contribution is 2.22. The lowest BCUT2D eigenvalue weighted by Gasteiger charge is -2.22. The van der Waals surface area contributed by atoms with Crippen LogP contribution in [-0.4, -0.2) is 47.2 Å². The van der Waals surface area contributed by atoms with Crippen molar-refractivity contribution in [2.45, 2.75) is 19.9 Å². The van der Waals surface area contributed by atoms with E-state index in [4.69, 9.17) is 16.1 Å². The molecule has 6 nitrogen and oxygen atoms in total. The fraction of sp³-hybridized carbons (Fsp3) is 0.412. The summed E-state index contributed by atoms with van der Waals surface area (Å²) in [6.07, 6.45) is 0.836. The molecule has 1 N–H and O–H groups in total. The number of aryl methyl sites for hydroxylation is 1. The van der Waals surface area contributed by atoms with Crippen LogP contribution in [0.25, 0.3) is 0 Å². The molecule has 0 radical (unpaired) electrons. The summed E-state index contributed by atoms with van der Waals surface area (Å²) in [5.41, 5.74) is 0.980. The van der Waals surface area contributed by atoms with Crippen LogP contribution in [0.1, 0.15) is 17.9 Å². The molecule has 0 spiro atoms. The number of nitrogens with zero attached hydrogens (tertiary/aromatic N) is 3. The predicted molar refractivity (Wildman–Crippen MR) is 93.1 cm³/mol. The molecule has 1 aliphatic heterocycles. The molecule has 1 saturated heterocycles. The van der Waals surface area contributed by atoms with Crippen molar-refractivity contribution in [1.82, 2.24) is 15.0 Å². The van der Waals surface area contributed by atoms with Crippen molar-refractivity contribution in [2.75, 3.05) is 31.5 Å². The third-order valence-electron chi connectivity index (χ3n) is 4.13. The number of urea groups is 1. The van der Waals surface area contributed by atoms with Crippen LogP contribution in [0.4, 0.5) is 14.9 Å². The Morgan fingerprint density at radius 1 is 1.36 bits per heavy atom. The first kappa shape index (κ1) is 17.7. The first-order valence-corrected chi connectivity index (χ1v) is 8.55. The normalized spacial score (nSPS) is 15.9. The second-order valence-electron chi connectivity index (χ2n) is 6.08. The van der Waals surface area contributed by atoms with Crippen LogP contribution in [-0.2, 0) is 6.54 Å². The molecule has 0 aliphatic carbocycles. The molecule has 8 heteroatoms. The number of anilines is 1. The first-order valence-electron chi connectivity index (χ1n) is 8.17. The van der Waals surface area contributed by atoms with E-state index < -0.39 is 5.82 Å². The predicted octanol–water partition coefficient (Wildman–Crippen LogP) is 3.52. The van der Waals surface area contributed by atoms with Crippen LogP contribution < -0.4 is 5.32 Å². The van der Waals surface area contributed by atoms with E-state index in [2.05, 4.69) is 15.4 Å². The number of carbonyl (C=O) groups is 1. The van der Waals surface area contributed by atoms with Crippen molar-refractivity contribution >= 4 is 23.3 Å². The Hall–Kier alpha value is -2.12. The highest BCUT2D eigenvalue weighted by molar-refractivity contribution is 6.31. The van der Waals surface area contributed by atoms with Gasteiger partial charge in [0.2, 0.25) is 0 Å². The smallest absolute Gasteiger partial charge is 0.321 e. The Labute approximate surface area is 150 Å². The summed E-state index contributed by atoms with van der Waals surface area (Å²) in [5.74, 6) is 0.171. The van der Waals surface area contributed by atoms with Crippen molar-refractivity contribution in [3.05, 3.63) is 46.6 Å². The van der Waals surface area contributed by atoms with E-state index in [1.54, 1.807) is 11.0 Å². The number of amides is 2. The summed E-state index contributed by atoms with van der Waals surface area (Å²) in [4.78, 5) is 16.3. The lowest BCUT2D eigenvalue weighted by Crippen LogP contribution is -2.38. The number of nitrogens with one attached hydrogen (secondary N) is 1. The number of hydrogen-bond donors (Lipinski definition) is 1. The van der Waals surface area contributed by atoms with Gasteiger partial charge in [-0.25, -0.2) is 9.18 Å². The van der Waals surface area contributed by atoms with Crippen LogP contribution in [0.3, 0.4) is 0 Å². The molecule has 2 amide bonds. The van der Waals surface area contributed by atoms with Gasteiger partial charge < -0.3 is 14.7 Å². The zero-order chi connectivity index (χ0) is 17.8. The summed E-state index contributed by atoms with van der Waals surface area (Å²) < 4.78 is 19.0. The zero-order valence-electron chi connectivity index (χ0n) is 14.0. The van der Waals surface area contributed by atoms with E-state index in [0.717, 1.165) is 31.0 Å². The molecule has 1 aromatic carbocycles. The molecule has 1 aromatic heterocycles. The minimum Gasteiger partial charge on any atom is -0.361 e. The maximum atomic E-state index is 13.9. The van der Waals surface area contributed by atoms with Crippen LogP contribution in [0.2, 0.25) is 5.02 Å². The molecule has 0 saturated carbocycles. The third-order valence-corrected chi connectivity index (χ3v) is 4.42. The summed E-state index contributed by atoms with van der Waals surface area (Å²) in [5, 5.41) is 6.59. The van der Waals surface area contributed by atoms with Gasteiger partial charge in [0, 0.05) is 38.8 Å². The lowest BCUT2D eigenvalue weighted by atomic mass is 10.3. The fourth-order valence-electron chi connectivity index (χ4n) is 2.85. The van der Waals surface area contributed by atoms with Crippen molar-refractivity contribution < 1.29 is 13.7 Å². The topological polar surface area (TPSA) is 61.6 Å². The monoisotopic (exact) mass is 366 g/mol. The molecule has 0 bridgehead atoms. The van der Waals surface area contributed by atoms with Crippen molar-refractivity contribution in [3.63, 3.8) is 0 Å². The van der Waals surface area contributed by atoms with Gasteiger partial charge in [0.15, 0.2) is 5.82 Å². The van der Waals surface area contributed by atoms with Gasteiger partial charge in [0.05, 0.1) is 16.4 Å². The van der Waals surface area contributed by atoms with Gasteiger partial charge in [-0.15, -0.1) is 0 Å². The molecular weight excluding hydrogens is 347 g/mol. The van der Waals surface area contributed by atoms with E-state index >= 15 is 0 Å². The van der Waals surface area contributed by atoms with Gasteiger partial charge in [0.1, 0.15) is 5.76 Å². The van der Waals surface area contributed by atoms with E-state index in [1.165, 1.54) is 12.1 Å². The first-order chi connectivity index (χ1) is 12.0. The average Bonchev–Trinajstić information content (AvgIpc) is 2.85. The molecule has 2 aromatic rings. The Morgan fingerprint density at radius 2 is 2.20 bits per heavy atom. The highest BCUT2D eigenvalue weighted by Gasteiger charge is 2.21. The molecule has 3 rings (SSSR count). The van der Waals surface area contributed by atoms with E-state index in [0.29, 0.717) is 19.6 Å². The fourth-order valence-corrected chi connectivity index (χ4v) is 3.02. The van der Waals surface area contributed by atoms with Crippen molar-refractivity contribution in [3.8, 4) is 0 Å². The number of benzene rings is 1. The van der Waals surface area contributed by atoms with Crippen molar-refractivity contribution in [2.24, 2.45) is 0 Å². The third kappa shape index (κ3) is 4.49. The quantitative estimate of drug-likeness (QED) is 0.902. The van der Waals surface area contributed by atoms with Crippen molar-refractivity contribution in [1.29, 1.82) is 0 Å². The molecule has 25 heavy (non-hydrogen) atoms. The second-order valence-corrected chi connectivity index (χ2v) is 6.48. The molecule has 1 fully saturated rings. The molecule has 0 unspecified atom stereocenters. The Morgan fingerprint density at radius 3 is 2.96 bits per heavy atom. The molecule has 0 atom stereocenters. The summed E-state index contributed by atoms with van der Waals surface area (Å²) >= 11 is 5.75. The molecule has 1 aliphatic rings. The Bertz CT molecular complexity index is 752. The molecule has 2 heterocycles. The Balaban J connectivity index is 1.57. The maximum absolute atomic E-state index is 13.9. The second kappa shape index (κ2) is 7.84. The number of carbonyl (C=O) groups excluding carboxylic acids is 1. The largest absolute Gasteiger partial charge is 0.361 e. The Kier molecular flexibility index (Phi) is 5.55. The SMILES string of the molecule is Cc1cc(CN2CCCN(C(=O)Nc3cccc(Cl)c3F)CC2)no1. The molecular formula is C17H20ClFN4O2. The number of rotatable bonds is 3. The van der Waals surface area contributed by atoms with Gasteiger partial charge >= 0.3 is 6.03 Å². The summed E-state index contributed by atoms with van der Waals surface area (Å²) in [7, 11) is 0. The van der Waals surface area contributed by atoms with Gasteiger partial charge in [-0.05, 0) is 25.5 Å². The molecule has 134 valence electrons. The van der Waals surface area contributed by atoms with Gasteiger partial charge in [0.25, 0.3) is 0 Å². The highest BCUT2D eigenvalue weighted by atomic mass is 35.5. The average molecular weight is 367 g/mol. The number of halogens is 2. The minimum atomic E-state index is -0.615. The minimum absolute atomic E-state index is 0.0113. The van der Waals surface area contributed by atoms with Crippen LogP contribution in [0, 0.1) is 12.7 Å². The summed E-state index contributed by atoms with van der Waals surface area (Å²) in [6, 6.07) is 6.14. The van der Waals surface area contributed by atoms with E-state index in [-0.39, 0.29) is 16.7 Å². The maximum Gasteiger partial charge on any atom is 0.321 e. The zero-order valence-corrected chi connectivity index (χ0v) is 14.7. The lowest BCUT2D eigenvalue weighted by molar-refractivity contribution is 0.210. The van der Waals surface area contributed by atoms with Gasteiger partial charge in [-0.3, -0.25) is 4.90 Å². The van der Waals surface area contributed by atoms with Crippen LogP contribution in [0.15, 0.2) is 28.8 Å².